The average Bonchev–Trinajstić information content (AvgIpc) is 2.08. The number of hydrogen-bond donors (Lipinski definition) is 2. The van der Waals surface area contributed by atoms with Gasteiger partial charge in [-0.15, -0.1) is 17.0 Å². The van der Waals surface area contributed by atoms with Crippen LogP contribution in [0.1, 0.15) is 51.4 Å². The Bertz CT molecular complexity index is 162. The first kappa shape index (κ1) is 16.8. The minimum absolute atomic E-state index is 0. The Hall–Kier alpha value is -0.580. The van der Waals surface area contributed by atoms with Gasteiger partial charge in [0.25, 0.3) is 0 Å². The minimum Gasteiger partial charge on any atom is -0.481 e. The Morgan fingerprint density at radius 1 is 0.667 bits per heavy atom. The summed E-state index contributed by atoms with van der Waals surface area (Å²) in [5.74, 6) is -1.48. The lowest BCUT2D eigenvalue weighted by atomic mass is 10.1. The topological polar surface area (TPSA) is 74.6 Å². The van der Waals surface area contributed by atoms with Gasteiger partial charge in [0.2, 0.25) is 0 Å². The van der Waals surface area contributed by atoms with Gasteiger partial charge < -0.3 is 10.2 Å². The molecule has 0 aromatic heterocycles. The van der Waals surface area contributed by atoms with E-state index in [0.717, 1.165) is 38.5 Å². The lowest BCUT2D eigenvalue weighted by Gasteiger charge is -1.98. The molecule has 15 heavy (non-hydrogen) atoms. The number of rotatable bonds is 9. The van der Waals surface area contributed by atoms with E-state index < -0.39 is 11.9 Å². The molecule has 0 aliphatic carbocycles. The van der Waals surface area contributed by atoms with Gasteiger partial charge in [-0.3, -0.25) is 9.59 Å². The largest absolute Gasteiger partial charge is 0.481 e. The molecule has 0 amide bonds. The molecule has 0 spiro atoms. The van der Waals surface area contributed by atoms with E-state index >= 15 is 0 Å². The van der Waals surface area contributed by atoms with E-state index in [2.05, 4.69) is 0 Å². The van der Waals surface area contributed by atoms with Crippen molar-refractivity contribution >= 4 is 28.9 Å². The number of carboxylic acid groups (broad SMARTS) is 2. The number of unbranched alkanes of at least 4 members (excludes halogenated alkanes) is 5. The van der Waals surface area contributed by atoms with Gasteiger partial charge in [0.1, 0.15) is 0 Å². The van der Waals surface area contributed by atoms with Crippen LogP contribution in [-0.2, 0) is 9.59 Å². The van der Waals surface area contributed by atoms with Gasteiger partial charge in [-0.1, -0.05) is 25.7 Å². The standard InChI is InChI=1S/C10H18O4.BrH/c11-9(12)7-5-3-1-2-4-6-8-10(13)14;/h1-8H2,(H,11,12)(H,13,14);1H. The molecule has 2 N–H and O–H groups in total. The van der Waals surface area contributed by atoms with Crippen molar-refractivity contribution in [3.8, 4) is 0 Å². The number of carbonyl (C=O) groups is 2. The normalized spacial score (nSPS) is 9.33. The number of halogens is 1. The first-order chi connectivity index (χ1) is 6.63. The second-order valence-corrected chi connectivity index (χ2v) is 3.41. The van der Waals surface area contributed by atoms with E-state index in [1.807, 2.05) is 0 Å². The van der Waals surface area contributed by atoms with Gasteiger partial charge in [-0.05, 0) is 12.8 Å². The van der Waals surface area contributed by atoms with Crippen molar-refractivity contribution in [3.05, 3.63) is 0 Å². The van der Waals surface area contributed by atoms with Crippen molar-refractivity contribution in [2.75, 3.05) is 0 Å². The highest BCUT2D eigenvalue weighted by Gasteiger charge is 1.98. The predicted octanol–water partition coefficient (Wildman–Crippen LogP) is 2.85. The maximum absolute atomic E-state index is 10.1. The molecule has 0 rings (SSSR count). The van der Waals surface area contributed by atoms with Crippen LogP contribution >= 0.6 is 17.0 Å². The van der Waals surface area contributed by atoms with Crippen LogP contribution in [0.5, 0.6) is 0 Å². The van der Waals surface area contributed by atoms with E-state index in [1.165, 1.54) is 0 Å². The summed E-state index contributed by atoms with van der Waals surface area (Å²) in [7, 11) is 0. The summed E-state index contributed by atoms with van der Waals surface area (Å²) >= 11 is 0. The third-order valence-electron chi connectivity index (χ3n) is 2.03. The number of carboxylic acids is 2. The maximum atomic E-state index is 10.1. The molecule has 0 bridgehead atoms. The van der Waals surface area contributed by atoms with E-state index in [0.29, 0.717) is 0 Å². The van der Waals surface area contributed by atoms with E-state index in [4.69, 9.17) is 10.2 Å². The molecular formula is C10H19BrO4. The van der Waals surface area contributed by atoms with Gasteiger partial charge in [0, 0.05) is 12.8 Å². The van der Waals surface area contributed by atoms with Crippen LogP contribution in [0.15, 0.2) is 0 Å². The molecule has 0 aliphatic heterocycles. The zero-order valence-corrected chi connectivity index (χ0v) is 10.5. The highest BCUT2D eigenvalue weighted by Crippen LogP contribution is 2.08. The second kappa shape index (κ2) is 11.5. The molecule has 0 aromatic rings. The fourth-order valence-electron chi connectivity index (χ4n) is 1.26. The lowest BCUT2D eigenvalue weighted by molar-refractivity contribution is -0.138. The molecule has 5 heteroatoms. The molecule has 4 nitrogen and oxygen atoms in total. The minimum atomic E-state index is -0.740. The van der Waals surface area contributed by atoms with Crippen LogP contribution in [0.25, 0.3) is 0 Å². The molecule has 0 heterocycles. The molecule has 0 radical (unpaired) electrons. The van der Waals surface area contributed by atoms with Crippen LogP contribution in [0.3, 0.4) is 0 Å². The predicted molar refractivity (Wildman–Crippen MR) is 62.5 cm³/mol. The highest BCUT2D eigenvalue weighted by atomic mass is 79.9. The van der Waals surface area contributed by atoms with Crippen LogP contribution < -0.4 is 0 Å². The summed E-state index contributed by atoms with van der Waals surface area (Å²) < 4.78 is 0. The van der Waals surface area contributed by atoms with Gasteiger partial charge in [-0.2, -0.15) is 0 Å². The second-order valence-electron chi connectivity index (χ2n) is 3.41. The summed E-state index contributed by atoms with van der Waals surface area (Å²) in [6.45, 7) is 0. The van der Waals surface area contributed by atoms with Gasteiger partial charge in [-0.25, -0.2) is 0 Å². The number of aliphatic carboxylic acids is 2. The fraction of sp³-hybridized carbons (Fsp3) is 0.800. The third kappa shape index (κ3) is 16.1. The van der Waals surface area contributed by atoms with Crippen LogP contribution in [0, 0.1) is 0 Å². The smallest absolute Gasteiger partial charge is 0.303 e. The molecule has 0 aliphatic rings. The van der Waals surface area contributed by atoms with Crippen LogP contribution in [0.4, 0.5) is 0 Å². The summed E-state index contributed by atoms with van der Waals surface area (Å²) in [6.07, 6.45) is 5.82. The van der Waals surface area contributed by atoms with E-state index in [1.54, 1.807) is 0 Å². The Balaban J connectivity index is 0. The first-order valence-electron chi connectivity index (χ1n) is 5.06. The third-order valence-corrected chi connectivity index (χ3v) is 2.03. The Kier molecular flexibility index (Phi) is 12.9. The maximum Gasteiger partial charge on any atom is 0.303 e. The molecule has 0 fully saturated rings. The molecule has 90 valence electrons. The number of hydrogen-bond acceptors (Lipinski definition) is 2. The molecule has 0 saturated carbocycles. The summed E-state index contributed by atoms with van der Waals surface area (Å²) in [4.78, 5) is 20.3. The van der Waals surface area contributed by atoms with Crippen molar-refractivity contribution in [3.63, 3.8) is 0 Å². The van der Waals surface area contributed by atoms with Gasteiger partial charge in [0.05, 0.1) is 0 Å². The highest BCUT2D eigenvalue weighted by molar-refractivity contribution is 8.93. The van der Waals surface area contributed by atoms with Crippen molar-refractivity contribution in [2.24, 2.45) is 0 Å². The van der Waals surface area contributed by atoms with E-state index in [9.17, 15) is 9.59 Å². The summed E-state index contributed by atoms with van der Waals surface area (Å²) in [5.41, 5.74) is 0. The molecule has 0 atom stereocenters. The van der Waals surface area contributed by atoms with Crippen molar-refractivity contribution in [2.45, 2.75) is 51.4 Å². The molecular weight excluding hydrogens is 264 g/mol. The summed E-state index contributed by atoms with van der Waals surface area (Å²) in [6, 6.07) is 0. The van der Waals surface area contributed by atoms with Crippen molar-refractivity contribution in [1.82, 2.24) is 0 Å². The fourth-order valence-corrected chi connectivity index (χ4v) is 1.26. The molecule has 0 saturated heterocycles. The van der Waals surface area contributed by atoms with E-state index in [-0.39, 0.29) is 29.8 Å². The molecule has 0 aromatic carbocycles. The van der Waals surface area contributed by atoms with Crippen molar-refractivity contribution < 1.29 is 19.8 Å². The van der Waals surface area contributed by atoms with Crippen LogP contribution in [-0.4, -0.2) is 22.2 Å². The lowest BCUT2D eigenvalue weighted by Crippen LogP contribution is -1.94. The SMILES string of the molecule is Br.O=C(O)CCCCCCCCC(=O)O. The monoisotopic (exact) mass is 282 g/mol. The van der Waals surface area contributed by atoms with Gasteiger partial charge in [0.15, 0.2) is 0 Å². The molecule has 0 unspecified atom stereocenters. The summed E-state index contributed by atoms with van der Waals surface area (Å²) in [5, 5.41) is 16.7. The Morgan fingerprint density at radius 3 is 1.20 bits per heavy atom. The zero-order valence-electron chi connectivity index (χ0n) is 8.78. The van der Waals surface area contributed by atoms with Gasteiger partial charge >= 0.3 is 11.9 Å². The Morgan fingerprint density at radius 2 is 0.933 bits per heavy atom. The average molecular weight is 283 g/mol. The first-order valence-corrected chi connectivity index (χ1v) is 5.06. The van der Waals surface area contributed by atoms with Crippen molar-refractivity contribution in [1.29, 1.82) is 0 Å². The zero-order chi connectivity index (χ0) is 10.8. The Labute approximate surface area is 100 Å². The quantitative estimate of drug-likeness (QED) is 0.638. The van der Waals surface area contributed by atoms with Crippen LogP contribution in [0.2, 0.25) is 0 Å².